The average Bonchev–Trinajstić information content (AvgIpc) is 0. The topological polar surface area (TPSA) is 0 Å². The molecule has 0 saturated carbocycles. The summed E-state index contributed by atoms with van der Waals surface area (Å²) in [6, 6.07) is 0. The van der Waals surface area contributed by atoms with Gasteiger partial charge in [-0.25, -0.2) is 0 Å². The third-order valence-electron chi connectivity index (χ3n) is 0. The molecule has 0 nitrogen and oxygen atoms in total. The molecule has 5 heteroatoms. The summed E-state index contributed by atoms with van der Waals surface area (Å²) in [6.45, 7) is 0. The van der Waals surface area contributed by atoms with E-state index in [0.717, 1.165) is 0 Å². The minimum Gasteiger partial charge on any atom is 0 e. The number of hydrogen-bond acceptors (Lipinski definition) is 0. The van der Waals surface area contributed by atoms with Crippen LogP contribution in [-0.4, -0.2) is 18.9 Å². The van der Waals surface area contributed by atoms with Crippen molar-refractivity contribution in [1.82, 2.24) is 0 Å². The van der Waals surface area contributed by atoms with E-state index in [1.54, 1.807) is 0 Å². The van der Waals surface area contributed by atoms with E-state index in [2.05, 4.69) is 0 Å². The normalized spacial score (nSPS) is 0. The fourth-order valence-electron chi connectivity index (χ4n) is 0. The number of hydrogen-bond donors (Lipinski definition) is 0. The minimum atomic E-state index is 0. The first-order chi connectivity index (χ1) is 0. The molecule has 0 aliphatic heterocycles. The van der Waals surface area contributed by atoms with E-state index in [1.807, 2.05) is 0 Å². The van der Waals surface area contributed by atoms with Crippen LogP contribution >= 0.6 is 0 Å². The quantitative estimate of drug-likeness (QED) is 0.527. The molecule has 0 atom stereocenters. The van der Waals surface area contributed by atoms with E-state index in [1.165, 1.54) is 0 Å². The van der Waals surface area contributed by atoms with Crippen molar-refractivity contribution in [1.29, 1.82) is 0 Å². The fraction of sp³-hybridized carbons (Fsp3) is 0. The molecular weight excluding hydrogens is 272 g/mol. The van der Waals surface area contributed by atoms with Crippen LogP contribution in [0.15, 0.2) is 0 Å². The van der Waals surface area contributed by atoms with Gasteiger partial charge >= 0.3 is 0 Å². The van der Waals surface area contributed by atoms with Gasteiger partial charge in [-0.15, -0.1) is 0 Å². The van der Waals surface area contributed by atoms with Gasteiger partial charge in [0.2, 0.25) is 0 Å². The summed E-state index contributed by atoms with van der Waals surface area (Å²) in [5.41, 5.74) is 0. The van der Waals surface area contributed by atoms with Crippen molar-refractivity contribution >= 4 is 18.9 Å². The Morgan fingerprint density at radius 1 is 1.00 bits per heavy atom. The molecule has 32 valence electrons. The van der Waals surface area contributed by atoms with E-state index in [9.17, 15) is 0 Å². The fourth-order valence-corrected chi connectivity index (χ4v) is 0. The van der Waals surface area contributed by atoms with Gasteiger partial charge < -0.3 is 0 Å². The second-order valence-corrected chi connectivity index (χ2v) is 0. The first-order valence-electron chi connectivity index (χ1n) is 0. The summed E-state index contributed by atoms with van der Waals surface area (Å²) in [4.78, 5) is 0. The van der Waals surface area contributed by atoms with Crippen molar-refractivity contribution in [3.8, 4) is 0 Å². The second-order valence-electron chi connectivity index (χ2n) is 0. The van der Waals surface area contributed by atoms with E-state index in [4.69, 9.17) is 0 Å². The van der Waals surface area contributed by atoms with Crippen molar-refractivity contribution in [3.63, 3.8) is 0 Å². The molecular formula is CoLiMnNbNi. The molecule has 0 heterocycles. The zero-order chi connectivity index (χ0) is 0. The van der Waals surface area contributed by atoms with E-state index >= 15 is 0 Å². The summed E-state index contributed by atoms with van der Waals surface area (Å²) < 4.78 is 0. The molecule has 0 aliphatic rings. The Kier molecular flexibility index (Phi) is 261. The molecule has 0 amide bonds. The largest absolute Gasteiger partial charge is 0 e. The third kappa shape index (κ3) is 19.8. The molecule has 0 fully saturated rings. The minimum absolute atomic E-state index is 0. The van der Waals surface area contributed by atoms with Crippen LogP contribution < -0.4 is 0 Å². The van der Waals surface area contributed by atoms with Crippen molar-refractivity contribution < 1.29 is 72.7 Å². The van der Waals surface area contributed by atoms with Gasteiger partial charge in [-0.05, 0) is 0 Å². The van der Waals surface area contributed by atoms with Crippen LogP contribution in [0.4, 0.5) is 0 Å². The van der Waals surface area contributed by atoms with E-state index in [0.29, 0.717) is 0 Å². The molecule has 0 spiro atoms. The van der Waals surface area contributed by atoms with Gasteiger partial charge in [0.15, 0.2) is 0 Å². The van der Waals surface area contributed by atoms with Gasteiger partial charge in [-0.3, -0.25) is 0 Å². The van der Waals surface area contributed by atoms with Gasteiger partial charge in [0.1, 0.15) is 0 Å². The van der Waals surface area contributed by atoms with Gasteiger partial charge in [0, 0.05) is 91.6 Å². The molecule has 0 bridgehead atoms. The van der Waals surface area contributed by atoms with Crippen LogP contribution in [0.25, 0.3) is 0 Å². The van der Waals surface area contributed by atoms with Crippen molar-refractivity contribution in [2.45, 2.75) is 0 Å². The molecule has 0 aromatic rings. The molecule has 0 N–H and O–H groups in total. The standard InChI is InChI=1S/Co.Li.Mn.Nb.Ni. The molecule has 0 aromatic heterocycles. The predicted molar refractivity (Wildman–Crippen MR) is 5.75 cm³/mol. The Labute approximate surface area is 90.3 Å². The Morgan fingerprint density at radius 2 is 1.00 bits per heavy atom. The number of rotatable bonds is 0. The molecule has 5 heavy (non-hydrogen) atoms. The van der Waals surface area contributed by atoms with E-state index in [-0.39, 0.29) is 91.6 Å². The Hall–Kier alpha value is 2.86. The molecule has 0 rings (SSSR count). The first-order valence-corrected chi connectivity index (χ1v) is 0. The zero-order valence-corrected chi connectivity index (χ0v) is 7.88. The smallest absolute Gasteiger partial charge is 0 e. The summed E-state index contributed by atoms with van der Waals surface area (Å²) in [7, 11) is 0. The maximum atomic E-state index is 0. The van der Waals surface area contributed by atoms with Gasteiger partial charge in [0.05, 0.1) is 0 Å². The Balaban J connectivity index is 0. The van der Waals surface area contributed by atoms with Crippen LogP contribution in [0.3, 0.4) is 0 Å². The van der Waals surface area contributed by atoms with Gasteiger partial charge in [0.25, 0.3) is 0 Å². The maximum absolute atomic E-state index is 0. The van der Waals surface area contributed by atoms with Crippen LogP contribution in [0.1, 0.15) is 0 Å². The monoisotopic (exact) mass is 272 g/mol. The molecule has 0 saturated heterocycles. The van der Waals surface area contributed by atoms with E-state index < -0.39 is 0 Å². The Bertz CT molecular complexity index is 11.6. The predicted octanol–water partition coefficient (Wildman–Crippen LogP) is -0.391. The zero-order valence-electron chi connectivity index (χ0n) is 2.47. The third-order valence-corrected chi connectivity index (χ3v) is 0. The second kappa shape index (κ2) is 28.8. The Morgan fingerprint density at radius 3 is 1.00 bits per heavy atom. The molecule has 4 radical (unpaired) electrons. The molecule has 0 aromatic carbocycles. The first kappa shape index (κ1) is 45.3. The van der Waals surface area contributed by atoms with Crippen LogP contribution in [0, 0.1) is 0 Å². The van der Waals surface area contributed by atoms with Gasteiger partial charge in [-0.1, -0.05) is 0 Å². The summed E-state index contributed by atoms with van der Waals surface area (Å²) in [6.07, 6.45) is 0. The SMILES string of the molecule is [Co].[Li].[Mn].[Nb].[Ni]. The average molecular weight is 272 g/mol. The summed E-state index contributed by atoms with van der Waals surface area (Å²) >= 11 is 0. The van der Waals surface area contributed by atoms with Gasteiger partial charge in [-0.2, -0.15) is 0 Å². The van der Waals surface area contributed by atoms with Crippen molar-refractivity contribution in [2.75, 3.05) is 0 Å². The maximum Gasteiger partial charge on any atom is 0 e. The summed E-state index contributed by atoms with van der Waals surface area (Å²) in [5.74, 6) is 0. The summed E-state index contributed by atoms with van der Waals surface area (Å²) in [5, 5.41) is 0. The van der Waals surface area contributed by atoms with Crippen molar-refractivity contribution in [3.05, 3.63) is 0 Å². The van der Waals surface area contributed by atoms with Crippen molar-refractivity contribution in [2.24, 2.45) is 0 Å². The van der Waals surface area contributed by atoms with Crippen LogP contribution in [-0.2, 0) is 72.7 Å². The van der Waals surface area contributed by atoms with Crippen LogP contribution in [0.5, 0.6) is 0 Å². The molecule has 0 unspecified atom stereocenters. The van der Waals surface area contributed by atoms with Crippen LogP contribution in [0.2, 0.25) is 0 Å². The molecule has 0 aliphatic carbocycles.